The number of hydrogen-bond donors (Lipinski definition) is 2. The summed E-state index contributed by atoms with van der Waals surface area (Å²) in [6.07, 6.45) is 0. The van der Waals surface area contributed by atoms with Crippen LogP contribution in [-0.2, 0) is 10.0 Å². The zero-order valence-electron chi connectivity index (χ0n) is 11.7. The van der Waals surface area contributed by atoms with Crippen LogP contribution in [0.1, 0.15) is 11.6 Å². The number of nitro benzene ring substituents is 1. The lowest BCUT2D eigenvalue weighted by atomic mass is 10.1. The summed E-state index contributed by atoms with van der Waals surface area (Å²) in [5, 5.41) is 19.7. The Morgan fingerprint density at radius 2 is 1.70 bits per heavy atom. The molecule has 0 aliphatic carbocycles. The maximum atomic E-state index is 12.1. The fraction of sp³-hybridized carbons (Fsp3) is 0.0714. The van der Waals surface area contributed by atoms with Crippen molar-refractivity contribution in [3.8, 4) is 6.07 Å². The van der Waals surface area contributed by atoms with Crippen molar-refractivity contribution in [2.24, 2.45) is 0 Å². The zero-order chi connectivity index (χ0) is 16.9. The lowest BCUT2D eigenvalue weighted by Crippen LogP contribution is -2.39. The maximum absolute atomic E-state index is 12.1. The van der Waals surface area contributed by atoms with Gasteiger partial charge in [-0.3, -0.25) is 10.1 Å². The molecule has 118 valence electrons. The van der Waals surface area contributed by atoms with Crippen molar-refractivity contribution < 1.29 is 13.3 Å². The van der Waals surface area contributed by atoms with Crippen LogP contribution in [0.4, 0.5) is 5.69 Å². The van der Waals surface area contributed by atoms with Crippen molar-refractivity contribution in [3.05, 3.63) is 70.3 Å². The van der Waals surface area contributed by atoms with E-state index in [2.05, 4.69) is 10.3 Å². The Balaban J connectivity index is 2.12. The summed E-state index contributed by atoms with van der Waals surface area (Å²) in [5.74, 6) is 0. The van der Waals surface area contributed by atoms with E-state index >= 15 is 0 Å². The molecular weight excluding hydrogens is 320 g/mol. The van der Waals surface area contributed by atoms with E-state index in [9.17, 15) is 18.5 Å². The quantitative estimate of drug-likeness (QED) is 0.612. The molecule has 0 aliphatic heterocycles. The Kier molecular flexibility index (Phi) is 5.02. The molecular formula is C14H12N4O4S. The molecule has 2 rings (SSSR count). The summed E-state index contributed by atoms with van der Waals surface area (Å²) in [6.45, 7) is 0. The van der Waals surface area contributed by atoms with E-state index in [-0.39, 0.29) is 10.6 Å². The van der Waals surface area contributed by atoms with Gasteiger partial charge in [-0.25, -0.2) is 13.8 Å². The molecule has 2 aromatic carbocycles. The number of nitrogens with zero attached hydrogens (tertiary/aromatic N) is 2. The predicted molar refractivity (Wildman–Crippen MR) is 81.3 cm³/mol. The molecule has 0 saturated carbocycles. The molecule has 0 bridgehead atoms. The highest BCUT2D eigenvalue weighted by Gasteiger charge is 2.18. The Morgan fingerprint density at radius 3 is 2.22 bits per heavy atom. The molecule has 0 heterocycles. The lowest BCUT2D eigenvalue weighted by molar-refractivity contribution is -0.384. The summed E-state index contributed by atoms with van der Waals surface area (Å²) in [7, 11) is -3.95. The van der Waals surface area contributed by atoms with E-state index in [1.54, 1.807) is 30.3 Å². The van der Waals surface area contributed by atoms with Crippen LogP contribution in [0.5, 0.6) is 0 Å². The second-order valence-electron chi connectivity index (χ2n) is 4.47. The Morgan fingerprint density at radius 1 is 1.09 bits per heavy atom. The van der Waals surface area contributed by atoms with E-state index in [0.29, 0.717) is 5.56 Å². The summed E-state index contributed by atoms with van der Waals surface area (Å²) in [4.78, 5) is 11.9. The second kappa shape index (κ2) is 6.97. The van der Waals surface area contributed by atoms with Crippen LogP contribution in [0.2, 0.25) is 0 Å². The first-order valence-corrected chi connectivity index (χ1v) is 7.89. The molecule has 0 amide bonds. The predicted octanol–water partition coefficient (Wildman–Crippen LogP) is 1.64. The fourth-order valence-electron chi connectivity index (χ4n) is 1.78. The minimum absolute atomic E-state index is 0.152. The molecule has 0 aliphatic rings. The van der Waals surface area contributed by atoms with Crippen LogP contribution in [0.15, 0.2) is 59.5 Å². The lowest BCUT2D eigenvalue weighted by Gasteiger charge is -2.13. The smallest absolute Gasteiger partial charge is 0.258 e. The van der Waals surface area contributed by atoms with Gasteiger partial charge < -0.3 is 0 Å². The van der Waals surface area contributed by atoms with Gasteiger partial charge >= 0.3 is 0 Å². The number of nitrogens with one attached hydrogen (secondary N) is 2. The number of hydrazine groups is 1. The van der Waals surface area contributed by atoms with Gasteiger partial charge in [0.05, 0.1) is 15.9 Å². The highest BCUT2D eigenvalue weighted by atomic mass is 32.2. The minimum atomic E-state index is -3.95. The molecule has 2 N–H and O–H groups in total. The van der Waals surface area contributed by atoms with Gasteiger partial charge in [0, 0.05) is 12.1 Å². The molecule has 1 atom stereocenters. The number of sulfonamides is 1. The standard InChI is InChI=1S/C14H12N4O4S/c15-10-14(11-4-2-1-3-5-11)16-17-23(21,22)13-8-6-12(7-9-13)18(19)20/h1-9,14,16-17H. The normalized spacial score (nSPS) is 12.3. The second-order valence-corrected chi connectivity index (χ2v) is 6.16. The van der Waals surface area contributed by atoms with Gasteiger partial charge in [-0.05, 0) is 17.7 Å². The van der Waals surface area contributed by atoms with Gasteiger partial charge in [0.15, 0.2) is 0 Å². The Hall–Kier alpha value is -2.80. The van der Waals surface area contributed by atoms with Crippen molar-refractivity contribution in [2.75, 3.05) is 0 Å². The van der Waals surface area contributed by atoms with Crippen molar-refractivity contribution in [2.45, 2.75) is 10.9 Å². The number of hydrogen-bond acceptors (Lipinski definition) is 6. The van der Waals surface area contributed by atoms with E-state index < -0.39 is 21.0 Å². The van der Waals surface area contributed by atoms with Crippen LogP contribution >= 0.6 is 0 Å². The van der Waals surface area contributed by atoms with Crippen LogP contribution < -0.4 is 10.3 Å². The molecule has 0 radical (unpaired) electrons. The van der Waals surface area contributed by atoms with E-state index in [1.165, 1.54) is 0 Å². The summed E-state index contributed by atoms with van der Waals surface area (Å²) >= 11 is 0. The average Bonchev–Trinajstić information content (AvgIpc) is 2.56. The number of nitriles is 1. The number of benzene rings is 2. The fourth-order valence-corrected chi connectivity index (χ4v) is 2.66. The molecule has 0 fully saturated rings. The third kappa shape index (κ3) is 4.10. The number of rotatable bonds is 6. The minimum Gasteiger partial charge on any atom is -0.258 e. The Bertz CT molecular complexity index is 829. The first kappa shape index (κ1) is 16.6. The first-order chi connectivity index (χ1) is 10.9. The highest BCUT2D eigenvalue weighted by Crippen LogP contribution is 2.16. The van der Waals surface area contributed by atoms with Gasteiger partial charge in [0.2, 0.25) is 0 Å². The Labute approximate surface area is 132 Å². The van der Waals surface area contributed by atoms with Crippen molar-refractivity contribution >= 4 is 15.7 Å². The number of nitro groups is 1. The van der Waals surface area contributed by atoms with E-state index in [0.717, 1.165) is 24.3 Å². The van der Waals surface area contributed by atoms with E-state index in [1.807, 2.05) is 6.07 Å². The molecule has 1 unspecified atom stereocenters. The molecule has 0 saturated heterocycles. The SMILES string of the molecule is N#CC(NNS(=O)(=O)c1ccc([N+](=O)[O-])cc1)c1ccccc1. The van der Waals surface area contributed by atoms with Gasteiger partial charge in [-0.15, -0.1) is 4.83 Å². The monoisotopic (exact) mass is 332 g/mol. The van der Waals surface area contributed by atoms with Gasteiger partial charge in [-0.2, -0.15) is 5.26 Å². The summed E-state index contributed by atoms with van der Waals surface area (Å²) in [5.41, 5.74) is 2.82. The van der Waals surface area contributed by atoms with Crippen molar-refractivity contribution in [1.29, 1.82) is 5.26 Å². The topological polar surface area (TPSA) is 125 Å². The molecule has 23 heavy (non-hydrogen) atoms. The van der Waals surface area contributed by atoms with Crippen molar-refractivity contribution in [3.63, 3.8) is 0 Å². The van der Waals surface area contributed by atoms with Crippen LogP contribution in [0.25, 0.3) is 0 Å². The summed E-state index contributed by atoms with van der Waals surface area (Å²) in [6, 6.07) is 14.1. The third-order valence-electron chi connectivity index (χ3n) is 2.96. The zero-order valence-corrected chi connectivity index (χ0v) is 12.5. The first-order valence-electron chi connectivity index (χ1n) is 6.40. The van der Waals surface area contributed by atoms with Crippen LogP contribution in [-0.4, -0.2) is 13.3 Å². The van der Waals surface area contributed by atoms with Crippen molar-refractivity contribution in [1.82, 2.24) is 10.3 Å². The van der Waals surface area contributed by atoms with Gasteiger partial charge in [0.1, 0.15) is 6.04 Å². The van der Waals surface area contributed by atoms with E-state index in [4.69, 9.17) is 5.26 Å². The number of non-ortho nitro benzene ring substituents is 1. The molecule has 9 heteroatoms. The van der Waals surface area contributed by atoms with Crippen LogP contribution in [0, 0.1) is 21.4 Å². The average molecular weight is 332 g/mol. The molecule has 0 aromatic heterocycles. The molecule has 0 spiro atoms. The maximum Gasteiger partial charge on any atom is 0.269 e. The van der Waals surface area contributed by atoms with Crippen LogP contribution in [0.3, 0.4) is 0 Å². The third-order valence-corrected chi connectivity index (χ3v) is 4.24. The highest BCUT2D eigenvalue weighted by molar-refractivity contribution is 7.89. The largest absolute Gasteiger partial charge is 0.269 e. The summed E-state index contributed by atoms with van der Waals surface area (Å²) < 4.78 is 24.2. The van der Waals surface area contributed by atoms with Gasteiger partial charge in [0.25, 0.3) is 15.7 Å². The van der Waals surface area contributed by atoms with Gasteiger partial charge in [-0.1, -0.05) is 30.3 Å². The molecule has 8 nitrogen and oxygen atoms in total. The molecule has 2 aromatic rings.